The first-order chi connectivity index (χ1) is 10.7. The molecule has 0 saturated heterocycles. The Bertz CT molecular complexity index is 565. The second-order valence-corrected chi connectivity index (χ2v) is 5.77. The smallest absolute Gasteiger partial charge is 0.136 e. The maximum absolute atomic E-state index is 6.33. The number of hydrogen-bond donors (Lipinski definition) is 1. The highest BCUT2D eigenvalue weighted by molar-refractivity contribution is 5.38. The fourth-order valence-corrected chi connectivity index (χ4v) is 2.44. The minimum absolute atomic E-state index is 0.0403. The first-order valence-electron chi connectivity index (χ1n) is 8.21. The van der Waals surface area contributed by atoms with E-state index in [1.165, 1.54) is 29.5 Å². The van der Waals surface area contributed by atoms with Crippen molar-refractivity contribution in [2.45, 2.75) is 39.7 Å². The van der Waals surface area contributed by atoms with Crippen LogP contribution in [-0.2, 0) is 0 Å². The van der Waals surface area contributed by atoms with Gasteiger partial charge in [-0.05, 0) is 49.6 Å². The molecule has 2 heteroatoms. The summed E-state index contributed by atoms with van der Waals surface area (Å²) in [5.74, 6) is 0.978. The summed E-state index contributed by atoms with van der Waals surface area (Å²) in [6.07, 6.45) is 2.45. The van der Waals surface area contributed by atoms with Crippen molar-refractivity contribution in [3.05, 3.63) is 65.2 Å². The Balaban J connectivity index is 2.12. The number of unbranched alkanes of at least 4 members (excludes halogenated alkanes) is 1. The van der Waals surface area contributed by atoms with Crippen LogP contribution in [0, 0.1) is 13.8 Å². The summed E-state index contributed by atoms with van der Waals surface area (Å²) in [5, 5.41) is 3.51. The molecule has 118 valence electrons. The Morgan fingerprint density at radius 2 is 1.77 bits per heavy atom. The van der Waals surface area contributed by atoms with Gasteiger partial charge in [-0.15, -0.1) is 0 Å². The second-order valence-electron chi connectivity index (χ2n) is 5.77. The lowest BCUT2D eigenvalue weighted by atomic mass is 10.1. The van der Waals surface area contributed by atoms with Crippen LogP contribution in [0.15, 0.2) is 48.5 Å². The summed E-state index contributed by atoms with van der Waals surface area (Å²) >= 11 is 0. The van der Waals surface area contributed by atoms with Crippen LogP contribution in [-0.4, -0.2) is 13.1 Å². The largest absolute Gasteiger partial charge is 0.484 e. The van der Waals surface area contributed by atoms with Gasteiger partial charge in [0, 0.05) is 6.54 Å². The van der Waals surface area contributed by atoms with Crippen molar-refractivity contribution in [3.63, 3.8) is 0 Å². The van der Waals surface area contributed by atoms with Crippen LogP contribution in [0.5, 0.6) is 5.75 Å². The quantitative estimate of drug-likeness (QED) is 0.706. The van der Waals surface area contributed by atoms with Gasteiger partial charge in [0.25, 0.3) is 0 Å². The number of hydrogen-bond acceptors (Lipinski definition) is 2. The van der Waals surface area contributed by atoms with Crippen LogP contribution >= 0.6 is 0 Å². The molecule has 2 aromatic rings. The maximum Gasteiger partial charge on any atom is 0.136 e. The number of nitrogens with one attached hydrogen (secondary N) is 1. The minimum Gasteiger partial charge on any atom is -0.484 e. The molecule has 2 aromatic carbocycles. The van der Waals surface area contributed by atoms with E-state index in [4.69, 9.17) is 4.74 Å². The van der Waals surface area contributed by atoms with Crippen LogP contribution in [0.25, 0.3) is 0 Å². The number of ether oxygens (including phenoxy) is 1. The van der Waals surface area contributed by atoms with Crippen molar-refractivity contribution < 1.29 is 4.74 Å². The summed E-state index contributed by atoms with van der Waals surface area (Å²) in [5.41, 5.74) is 3.70. The van der Waals surface area contributed by atoms with E-state index in [1.807, 2.05) is 6.07 Å². The van der Waals surface area contributed by atoms with E-state index in [-0.39, 0.29) is 6.10 Å². The van der Waals surface area contributed by atoms with Gasteiger partial charge in [-0.25, -0.2) is 0 Å². The number of rotatable bonds is 8. The van der Waals surface area contributed by atoms with Crippen molar-refractivity contribution >= 4 is 0 Å². The molecule has 2 nitrogen and oxygen atoms in total. The highest BCUT2D eigenvalue weighted by Gasteiger charge is 2.14. The summed E-state index contributed by atoms with van der Waals surface area (Å²) in [6, 6.07) is 16.7. The van der Waals surface area contributed by atoms with Crippen LogP contribution in [0.3, 0.4) is 0 Å². The zero-order valence-corrected chi connectivity index (χ0v) is 13.9. The van der Waals surface area contributed by atoms with Gasteiger partial charge in [0.05, 0.1) is 0 Å². The van der Waals surface area contributed by atoms with Crippen molar-refractivity contribution in [3.8, 4) is 5.75 Å². The molecule has 0 aromatic heterocycles. The third kappa shape index (κ3) is 4.60. The monoisotopic (exact) mass is 297 g/mol. The fourth-order valence-electron chi connectivity index (χ4n) is 2.44. The molecule has 0 heterocycles. The van der Waals surface area contributed by atoms with Crippen molar-refractivity contribution in [1.82, 2.24) is 5.32 Å². The molecule has 22 heavy (non-hydrogen) atoms. The van der Waals surface area contributed by atoms with Gasteiger partial charge < -0.3 is 10.1 Å². The third-order valence-electron chi connectivity index (χ3n) is 4.03. The van der Waals surface area contributed by atoms with E-state index in [0.29, 0.717) is 0 Å². The molecule has 0 unspecified atom stereocenters. The van der Waals surface area contributed by atoms with Crippen LogP contribution in [0.1, 0.15) is 42.6 Å². The molecule has 2 rings (SSSR count). The summed E-state index contributed by atoms with van der Waals surface area (Å²) in [4.78, 5) is 0. The average molecular weight is 297 g/mol. The molecule has 0 saturated carbocycles. The Morgan fingerprint density at radius 3 is 2.50 bits per heavy atom. The van der Waals surface area contributed by atoms with Crippen molar-refractivity contribution in [2.75, 3.05) is 13.1 Å². The molecule has 0 aliphatic carbocycles. The van der Waals surface area contributed by atoms with E-state index in [9.17, 15) is 0 Å². The average Bonchev–Trinajstić information content (AvgIpc) is 2.55. The van der Waals surface area contributed by atoms with Crippen LogP contribution in [0.4, 0.5) is 0 Å². The molecule has 1 N–H and O–H groups in total. The van der Waals surface area contributed by atoms with Crippen LogP contribution < -0.4 is 10.1 Å². The lowest BCUT2D eigenvalue weighted by Crippen LogP contribution is -2.26. The first-order valence-corrected chi connectivity index (χ1v) is 8.21. The molecule has 0 bridgehead atoms. The van der Waals surface area contributed by atoms with Gasteiger partial charge >= 0.3 is 0 Å². The summed E-state index contributed by atoms with van der Waals surface area (Å²) in [6.45, 7) is 8.33. The predicted molar refractivity (Wildman–Crippen MR) is 93.5 cm³/mol. The summed E-state index contributed by atoms with van der Waals surface area (Å²) in [7, 11) is 0. The fraction of sp³-hybridized carbons (Fsp3) is 0.400. The molecular formula is C20H27NO. The number of aryl methyl sites for hydroxylation is 1. The van der Waals surface area contributed by atoms with Gasteiger partial charge in [-0.2, -0.15) is 0 Å². The normalized spacial score (nSPS) is 12.1. The van der Waals surface area contributed by atoms with Crippen LogP contribution in [0.2, 0.25) is 0 Å². The van der Waals surface area contributed by atoms with Crippen molar-refractivity contribution in [1.29, 1.82) is 0 Å². The highest BCUT2D eigenvalue weighted by atomic mass is 16.5. The summed E-state index contributed by atoms with van der Waals surface area (Å²) < 4.78 is 6.33. The first kappa shape index (κ1) is 16.6. The Morgan fingerprint density at radius 1 is 1.00 bits per heavy atom. The lowest BCUT2D eigenvalue weighted by molar-refractivity contribution is 0.200. The highest BCUT2D eigenvalue weighted by Crippen LogP contribution is 2.26. The lowest BCUT2D eigenvalue weighted by Gasteiger charge is -2.22. The molecule has 0 aliphatic rings. The molecule has 0 radical (unpaired) electrons. The van der Waals surface area contributed by atoms with E-state index in [1.54, 1.807) is 0 Å². The van der Waals surface area contributed by atoms with Gasteiger partial charge in [-0.1, -0.05) is 55.8 Å². The Labute approximate surface area is 134 Å². The zero-order valence-electron chi connectivity index (χ0n) is 13.9. The Kier molecular flexibility index (Phi) is 6.47. The molecule has 0 spiro atoms. The topological polar surface area (TPSA) is 21.3 Å². The Hall–Kier alpha value is -1.80. The molecular weight excluding hydrogens is 270 g/mol. The zero-order chi connectivity index (χ0) is 15.8. The number of benzene rings is 2. The maximum atomic E-state index is 6.33. The van der Waals surface area contributed by atoms with Gasteiger partial charge in [0.2, 0.25) is 0 Å². The standard InChI is InChI=1S/C20H27NO/c1-4-5-14-21-15-20(18-11-7-6-8-12-18)22-19-13-9-10-16(2)17(19)3/h6-13,20-21H,4-5,14-15H2,1-3H3/t20-/m1/s1. The van der Waals surface area contributed by atoms with Gasteiger partial charge in [0.1, 0.15) is 11.9 Å². The van der Waals surface area contributed by atoms with E-state index in [2.05, 4.69) is 68.6 Å². The van der Waals surface area contributed by atoms with E-state index in [0.717, 1.165) is 18.8 Å². The molecule has 0 amide bonds. The van der Waals surface area contributed by atoms with Gasteiger partial charge in [0.15, 0.2) is 0 Å². The molecule has 0 fully saturated rings. The van der Waals surface area contributed by atoms with E-state index < -0.39 is 0 Å². The van der Waals surface area contributed by atoms with Gasteiger partial charge in [-0.3, -0.25) is 0 Å². The molecule has 1 atom stereocenters. The minimum atomic E-state index is 0.0403. The van der Waals surface area contributed by atoms with E-state index >= 15 is 0 Å². The third-order valence-corrected chi connectivity index (χ3v) is 4.03. The SMILES string of the molecule is CCCCNC[C@@H](Oc1cccc(C)c1C)c1ccccc1. The molecule has 0 aliphatic heterocycles. The van der Waals surface area contributed by atoms with Crippen molar-refractivity contribution in [2.24, 2.45) is 0 Å². The predicted octanol–water partition coefficient (Wildman–Crippen LogP) is 4.81. The second kappa shape index (κ2) is 8.60.